The third-order valence-electron chi connectivity index (χ3n) is 4.59. The van der Waals surface area contributed by atoms with Gasteiger partial charge < -0.3 is 10.1 Å². The minimum absolute atomic E-state index is 0.00492. The van der Waals surface area contributed by atoms with Gasteiger partial charge >= 0.3 is 0 Å². The Labute approximate surface area is 152 Å². The van der Waals surface area contributed by atoms with Crippen molar-refractivity contribution in [3.63, 3.8) is 0 Å². The van der Waals surface area contributed by atoms with E-state index in [4.69, 9.17) is 17.0 Å². The SMILES string of the molecule is Cc1ccc(-c2n[nH]c(=S)n2CCC(=O)NC[C@@]2(C)CCCO2)cc1. The van der Waals surface area contributed by atoms with Crippen LogP contribution in [0.15, 0.2) is 24.3 Å². The zero-order valence-electron chi connectivity index (χ0n) is 14.7. The van der Waals surface area contributed by atoms with Gasteiger partial charge in [-0.1, -0.05) is 29.8 Å². The normalized spacial score (nSPS) is 19.9. The second kappa shape index (κ2) is 7.49. The molecule has 3 rings (SSSR count). The highest BCUT2D eigenvalue weighted by Crippen LogP contribution is 2.24. The van der Waals surface area contributed by atoms with E-state index < -0.39 is 0 Å². The highest BCUT2D eigenvalue weighted by atomic mass is 32.1. The van der Waals surface area contributed by atoms with E-state index >= 15 is 0 Å². The molecule has 0 bridgehead atoms. The summed E-state index contributed by atoms with van der Waals surface area (Å²) in [4.78, 5) is 12.2. The van der Waals surface area contributed by atoms with E-state index in [1.165, 1.54) is 5.56 Å². The Kier molecular flexibility index (Phi) is 5.34. The van der Waals surface area contributed by atoms with E-state index in [-0.39, 0.29) is 11.5 Å². The first kappa shape index (κ1) is 17.8. The van der Waals surface area contributed by atoms with Crippen LogP contribution >= 0.6 is 12.2 Å². The van der Waals surface area contributed by atoms with Gasteiger partial charge in [-0.25, -0.2) is 0 Å². The molecule has 6 nitrogen and oxygen atoms in total. The fourth-order valence-corrected chi connectivity index (χ4v) is 3.24. The zero-order valence-corrected chi connectivity index (χ0v) is 15.5. The van der Waals surface area contributed by atoms with Crippen molar-refractivity contribution in [1.82, 2.24) is 20.1 Å². The lowest BCUT2D eigenvalue weighted by atomic mass is 10.0. The minimum atomic E-state index is -0.228. The van der Waals surface area contributed by atoms with Gasteiger partial charge in [0.05, 0.1) is 5.60 Å². The lowest BCUT2D eigenvalue weighted by Gasteiger charge is -2.23. The molecule has 1 atom stereocenters. The van der Waals surface area contributed by atoms with E-state index in [1.54, 1.807) is 0 Å². The van der Waals surface area contributed by atoms with Crippen molar-refractivity contribution in [3.8, 4) is 11.4 Å². The predicted octanol–water partition coefficient (Wildman–Crippen LogP) is 2.99. The lowest BCUT2D eigenvalue weighted by molar-refractivity contribution is -0.122. The highest BCUT2D eigenvalue weighted by Gasteiger charge is 2.29. The summed E-state index contributed by atoms with van der Waals surface area (Å²) in [5.41, 5.74) is 1.94. The average molecular weight is 360 g/mol. The Morgan fingerprint density at radius 1 is 1.44 bits per heavy atom. The second-order valence-corrected chi connectivity index (χ2v) is 7.19. The Morgan fingerprint density at radius 3 is 2.88 bits per heavy atom. The number of hydrogen-bond donors (Lipinski definition) is 2. The molecule has 0 saturated carbocycles. The van der Waals surface area contributed by atoms with Gasteiger partial charge in [-0.15, -0.1) is 0 Å². The molecule has 0 radical (unpaired) electrons. The first-order chi connectivity index (χ1) is 12.0. The maximum Gasteiger partial charge on any atom is 0.221 e. The molecule has 2 heterocycles. The van der Waals surface area contributed by atoms with Gasteiger partial charge in [0, 0.05) is 31.7 Å². The van der Waals surface area contributed by atoms with Crippen LogP contribution in [0.1, 0.15) is 31.7 Å². The molecule has 0 unspecified atom stereocenters. The van der Waals surface area contributed by atoms with Gasteiger partial charge in [-0.2, -0.15) is 5.10 Å². The Balaban J connectivity index is 1.61. The van der Waals surface area contributed by atoms with Crippen molar-refractivity contribution >= 4 is 18.1 Å². The molecule has 1 aliphatic heterocycles. The van der Waals surface area contributed by atoms with E-state index in [9.17, 15) is 4.79 Å². The van der Waals surface area contributed by atoms with Gasteiger partial charge in [-0.3, -0.25) is 14.5 Å². The number of nitrogens with one attached hydrogen (secondary N) is 2. The molecule has 1 saturated heterocycles. The molecular formula is C18H24N4O2S. The molecule has 1 aliphatic rings. The predicted molar refractivity (Wildman–Crippen MR) is 98.8 cm³/mol. The van der Waals surface area contributed by atoms with Crippen molar-refractivity contribution in [2.24, 2.45) is 0 Å². The van der Waals surface area contributed by atoms with Crippen molar-refractivity contribution in [2.45, 2.75) is 45.3 Å². The lowest BCUT2D eigenvalue weighted by Crippen LogP contribution is -2.40. The van der Waals surface area contributed by atoms with E-state index in [1.807, 2.05) is 42.7 Å². The van der Waals surface area contributed by atoms with Crippen LogP contribution < -0.4 is 5.32 Å². The van der Waals surface area contributed by atoms with Crippen molar-refractivity contribution in [2.75, 3.05) is 13.2 Å². The third kappa shape index (κ3) is 4.35. The van der Waals surface area contributed by atoms with Gasteiger partial charge in [0.1, 0.15) is 0 Å². The van der Waals surface area contributed by atoms with Crippen LogP contribution in [0.25, 0.3) is 11.4 Å². The molecule has 2 aromatic rings. The molecule has 7 heteroatoms. The largest absolute Gasteiger partial charge is 0.373 e. The van der Waals surface area contributed by atoms with Crippen LogP contribution in [0, 0.1) is 11.7 Å². The van der Waals surface area contributed by atoms with Gasteiger partial charge in [0.2, 0.25) is 5.91 Å². The number of carbonyl (C=O) groups excluding carboxylic acids is 1. The summed E-state index contributed by atoms with van der Waals surface area (Å²) < 4.78 is 8.09. The average Bonchev–Trinajstić information content (AvgIpc) is 3.19. The van der Waals surface area contributed by atoms with Crippen LogP contribution in [0.4, 0.5) is 0 Å². The second-order valence-electron chi connectivity index (χ2n) is 6.80. The molecule has 0 aliphatic carbocycles. The molecular weight excluding hydrogens is 336 g/mol. The number of hydrogen-bond acceptors (Lipinski definition) is 4. The van der Waals surface area contributed by atoms with Crippen LogP contribution in [-0.2, 0) is 16.1 Å². The smallest absolute Gasteiger partial charge is 0.221 e. The number of nitrogens with zero attached hydrogens (tertiary/aromatic N) is 2. The molecule has 0 spiro atoms. The molecule has 2 N–H and O–H groups in total. The number of rotatable bonds is 6. The topological polar surface area (TPSA) is 71.9 Å². The summed E-state index contributed by atoms with van der Waals surface area (Å²) in [6.45, 7) is 5.90. The first-order valence-corrected chi connectivity index (χ1v) is 9.01. The Bertz CT molecular complexity index is 788. The zero-order chi connectivity index (χ0) is 17.9. The molecule has 1 amide bonds. The first-order valence-electron chi connectivity index (χ1n) is 8.60. The number of aromatic amines is 1. The number of benzene rings is 1. The highest BCUT2D eigenvalue weighted by molar-refractivity contribution is 7.71. The van der Waals surface area contributed by atoms with Crippen molar-refractivity contribution in [3.05, 3.63) is 34.6 Å². The molecule has 134 valence electrons. The quantitative estimate of drug-likeness (QED) is 0.777. The fraction of sp³-hybridized carbons (Fsp3) is 0.500. The van der Waals surface area contributed by atoms with Gasteiger partial charge in [-0.05, 0) is 38.9 Å². The molecule has 1 aromatic heterocycles. The Morgan fingerprint density at radius 2 is 2.20 bits per heavy atom. The summed E-state index contributed by atoms with van der Waals surface area (Å²) >= 11 is 5.31. The summed E-state index contributed by atoms with van der Waals surface area (Å²) in [5.74, 6) is 0.749. The summed E-state index contributed by atoms with van der Waals surface area (Å²) in [6, 6.07) is 8.09. The summed E-state index contributed by atoms with van der Waals surface area (Å²) in [7, 11) is 0. The summed E-state index contributed by atoms with van der Waals surface area (Å²) in [6.07, 6.45) is 2.39. The monoisotopic (exact) mass is 360 g/mol. The minimum Gasteiger partial charge on any atom is -0.373 e. The summed E-state index contributed by atoms with van der Waals surface area (Å²) in [5, 5.41) is 10.1. The van der Waals surface area contributed by atoms with Crippen LogP contribution in [0.3, 0.4) is 0 Å². The van der Waals surface area contributed by atoms with Gasteiger partial charge in [0.15, 0.2) is 10.6 Å². The molecule has 25 heavy (non-hydrogen) atoms. The molecule has 1 fully saturated rings. The number of aryl methyl sites for hydroxylation is 1. The fourth-order valence-electron chi connectivity index (χ4n) is 3.01. The third-order valence-corrected chi connectivity index (χ3v) is 4.90. The van der Waals surface area contributed by atoms with Crippen LogP contribution in [0.2, 0.25) is 0 Å². The van der Waals surface area contributed by atoms with Crippen LogP contribution in [0.5, 0.6) is 0 Å². The van der Waals surface area contributed by atoms with E-state index in [0.717, 1.165) is 30.8 Å². The van der Waals surface area contributed by atoms with Crippen molar-refractivity contribution in [1.29, 1.82) is 0 Å². The maximum absolute atomic E-state index is 12.2. The van der Waals surface area contributed by atoms with Gasteiger partial charge in [0.25, 0.3) is 0 Å². The number of aromatic nitrogens is 3. The van der Waals surface area contributed by atoms with Crippen molar-refractivity contribution < 1.29 is 9.53 Å². The maximum atomic E-state index is 12.2. The van der Waals surface area contributed by atoms with E-state index in [0.29, 0.717) is 24.3 Å². The van der Waals surface area contributed by atoms with E-state index in [2.05, 4.69) is 15.5 Å². The number of amides is 1. The number of carbonyl (C=O) groups is 1. The molecule has 1 aromatic carbocycles. The Hall–Kier alpha value is -1.99. The van der Waals surface area contributed by atoms with Crippen LogP contribution in [-0.4, -0.2) is 39.4 Å². The number of ether oxygens (including phenoxy) is 1. The number of H-pyrrole nitrogens is 1. The standard InChI is InChI=1S/C18H24N4O2S/c1-13-4-6-14(7-5-13)16-20-21-17(25)22(16)10-8-15(23)19-12-18(2)9-3-11-24-18/h4-7H,3,8-12H2,1-2H3,(H,19,23)(H,21,25)/t18-/m1/s1.